The van der Waals surface area contributed by atoms with Crippen LogP contribution in [0.3, 0.4) is 0 Å². The van der Waals surface area contributed by atoms with Crippen molar-refractivity contribution >= 4 is 10.8 Å². The van der Waals surface area contributed by atoms with E-state index in [1.807, 2.05) is 0 Å². The van der Waals surface area contributed by atoms with Crippen LogP contribution in [0.2, 0.25) is 0 Å². The van der Waals surface area contributed by atoms with Crippen LogP contribution in [0.1, 0.15) is 25.0 Å². The maximum atomic E-state index is 5.17. The lowest BCUT2D eigenvalue weighted by atomic mass is 10.1. The molecule has 1 heteroatoms. The highest BCUT2D eigenvalue weighted by molar-refractivity contribution is 5.90. The summed E-state index contributed by atoms with van der Waals surface area (Å²) in [4.78, 5) is 0. The Kier molecular flexibility index (Phi) is 3.80. The van der Waals surface area contributed by atoms with Crippen LogP contribution in [0.15, 0.2) is 36.4 Å². The van der Waals surface area contributed by atoms with E-state index in [-0.39, 0.29) is 0 Å². The summed E-state index contributed by atoms with van der Waals surface area (Å²) in [5.74, 6) is 0.662. The van der Waals surface area contributed by atoms with E-state index in [4.69, 9.17) is 5.73 Å². The molecule has 0 unspecified atom stereocenters. The highest BCUT2D eigenvalue weighted by Gasteiger charge is 2.11. The molecule has 0 spiro atoms. The molecule has 2 N–H and O–H groups in total. The molecule has 0 heterocycles. The third-order valence-corrected chi connectivity index (χ3v) is 3.21. The molecular weight excluding hydrogens is 206 g/mol. The molecule has 0 aromatic heterocycles. The van der Waals surface area contributed by atoms with Crippen LogP contribution in [-0.4, -0.2) is 6.54 Å². The van der Waals surface area contributed by atoms with Gasteiger partial charge in [0, 0.05) is 0 Å². The van der Waals surface area contributed by atoms with Crippen LogP contribution in [0.5, 0.6) is 0 Å². The van der Waals surface area contributed by atoms with E-state index < -0.39 is 0 Å². The molecule has 0 fully saturated rings. The Balaban J connectivity index is 0.000000188. The number of nitrogens with two attached hydrogens (primary N) is 1. The minimum absolute atomic E-state index is 0.662. The number of benzene rings is 2. The summed E-state index contributed by atoms with van der Waals surface area (Å²) in [6.45, 7) is 5.00. The summed E-state index contributed by atoms with van der Waals surface area (Å²) in [7, 11) is 0. The van der Waals surface area contributed by atoms with Crippen molar-refractivity contribution in [1.82, 2.24) is 0 Å². The van der Waals surface area contributed by atoms with Crippen molar-refractivity contribution in [2.75, 3.05) is 6.54 Å². The Morgan fingerprint density at radius 3 is 1.88 bits per heavy atom. The number of rotatable bonds is 1. The molecule has 1 aliphatic carbocycles. The second-order valence-corrected chi connectivity index (χ2v) is 5.06. The first kappa shape index (κ1) is 12.1. The Morgan fingerprint density at radius 2 is 1.47 bits per heavy atom. The number of hydrogen-bond donors (Lipinski definition) is 1. The molecule has 0 aliphatic heterocycles. The zero-order chi connectivity index (χ0) is 12.3. The van der Waals surface area contributed by atoms with Crippen LogP contribution >= 0.6 is 0 Å². The average molecular weight is 227 g/mol. The monoisotopic (exact) mass is 227 g/mol. The molecule has 0 saturated carbocycles. The Bertz CT molecular complexity index is 461. The first-order valence-corrected chi connectivity index (χ1v) is 6.42. The molecule has 0 radical (unpaired) electrons. The van der Waals surface area contributed by atoms with Gasteiger partial charge >= 0.3 is 0 Å². The summed E-state index contributed by atoms with van der Waals surface area (Å²) in [5.41, 5.74) is 8.23. The molecule has 3 rings (SSSR count). The lowest BCUT2D eigenvalue weighted by Crippen LogP contribution is -2.05. The molecule has 1 nitrogen and oxygen atoms in total. The van der Waals surface area contributed by atoms with Crippen molar-refractivity contribution in [1.29, 1.82) is 0 Å². The van der Waals surface area contributed by atoms with Crippen molar-refractivity contribution in [3.63, 3.8) is 0 Å². The van der Waals surface area contributed by atoms with Crippen LogP contribution in [0.4, 0.5) is 0 Å². The Labute approximate surface area is 104 Å². The lowest BCUT2D eigenvalue weighted by molar-refractivity contribution is 0.664. The first-order chi connectivity index (χ1) is 8.22. The molecule has 17 heavy (non-hydrogen) atoms. The van der Waals surface area contributed by atoms with E-state index >= 15 is 0 Å². The summed E-state index contributed by atoms with van der Waals surface area (Å²) in [6, 6.07) is 13.2. The van der Waals surface area contributed by atoms with Gasteiger partial charge in [0.2, 0.25) is 0 Å². The van der Waals surface area contributed by atoms with E-state index in [1.54, 1.807) is 0 Å². The van der Waals surface area contributed by atoms with Gasteiger partial charge in [-0.25, -0.2) is 0 Å². The molecule has 0 amide bonds. The van der Waals surface area contributed by atoms with Crippen LogP contribution in [-0.2, 0) is 12.8 Å². The van der Waals surface area contributed by atoms with Gasteiger partial charge in [-0.3, -0.25) is 0 Å². The minimum Gasteiger partial charge on any atom is -0.330 e. The van der Waals surface area contributed by atoms with E-state index in [0.29, 0.717) is 5.92 Å². The van der Waals surface area contributed by atoms with Gasteiger partial charge in [-0.1, -0.05) is 50.2 Å². The molecule has 0 saturated heterocycles. The smallest absolute Gasteiger partial charge is 0.00541 e. The first-order valence-electron chi connectivity index (χ1n) is 6.42. The minimum atomic E-state index is 0.662. The molecule has 2 aromatic carbocycles. The second kappa shape index (κ2) is 5.33. The van der Waals surface area contributed by atoms with Crippen LogP contribution in [0, 0.1) is 5.92 Å². The van der Waals surface area contributed by atoms with Gasteiger partial charge in [0.15, 0.2) is 0 Å². The quantitative estimate of drug-likeness (QED) is 0.792. The topological polar surface area (TPSA) is 26.0 Å². The van der Waals surface area contributed by atoms with Gasteiger partial charge in [-0.05, 0) is 47.2 Å². The summed E-state index contributed by atoms with van der Waals surface area (Å²) in [5, 5.41) is 2.92. The fourth-order valence-corrected chi connectivity index (χ4v) is 2.19. The SMILES string of the molecule is CC(C)CN.c1cc2c3c(cccc3c1)CC2. The lowest BCUT2D eigenvalue weighted by Gasteiger charge is -1.99. The van der Waals surface area contributed by atoms with E-state index in [2.05, 4.69) is 50.2 Å². The molecule has 1 aliphatic rings. The standard InChI is InChI=1S/C12H10.C4H11N/c1-3-9-4-2-6-11-8-7-10(5-1)12(9)11;1-4(2)3-5/h1-6H,7-8H2;4H,3,5H2,1-2H3. The Hall–Kier alpha value is -1.34. The van der Waals surface area contributed by atoms with Crippen molar-refractivity contribution in [3.05, 3.63) is 47.5 Å². The highest BCUT2D eigenvalue weighted by atomic mass is 14.5. The van der Waals surface area contributed by atoms with Gasteiger partial charge in [-0.15, -0.1) is 0 Å². The maximum Gasteiger partial charge on any atom is -0.00541 e. The van der Waals surface area contributed by atoms with Crippen LogP contribution < -0.4 is 5.73 Å². The molecule has 0 atom stereocenters. The van der Waals surface area contributed by atoms with Crippen molar-refractivity contribution in [2.45, 2.75) is 26.7 Å². The molecule has 0 bridgehead atoms. The molecule has 2 aromatic rings. The third kappa shape index (κ3) is 2.67. The van der Waals surface area contributed by atoms with E-state index in [1.165, 1.54) is 34.7 Å². The van der Waals surface area contributed by atoms with Crippen molar-refractivity contribution in [3.8, 4) is 0 Å². The summed E-state index contributed by atoms with van der Waals surface area (Å²) < 4.78 is 0. The fraction of sp³-hybridized carbons (Fsp3) is 0.375. The molecule has 90 valence electrons. The van der Waals surface area contributed by atoms with Gasteiger partial charge in [-0.2, -0.15) is 0 Å². The van der Waals surface area contributed by atoms with Gasteiger partial charge < -0.3 is 5.73 Å². The third-order valence-electron chi connectivity index (χ3n) is 3.21. The normalized spacial score (nSPS) is 12.7. The van der Waals surface area contributed by atoms with Crippen LogP contribution in [0.25, 0.3) is 10.8 Å². The fourth-order valence-electron chi connectivity index (χ4n) is 2.19. The van der Waals surface area contributed by atoms with E-state index in [9.17, 15) is 0 Å². The van der Waals surface area contributed by atoms with Crippen molar-refractivity contribution < 1.29 is 0 Å². The van der Waals surface area contributed by atoms with Gasteiger partial charge in [0.25, 0.3) is 0 Å². The largest absolute Gasteiger partial charge is 0.330 e. The predicted octanol–water partition coefficient (Wildman–Crippen LogP) is 3.54. The van der Waals surface area contributed by atoms with Gasteiger partial charge in [0.05, 0.1) is 0 Å². The highest BCUT2D eigenvalue weighted by Crippen LogP contribution is 2.29. The van der Waals surface area contributed by atoms with Crippen molar-refractivity contribution in [2.24, 2.45) is 11.7 Å². The summed E-state index contributed by atoms with van der Waals surface area (Å²) >= 11 is 0. The van der Waals surface area contributed by atoms with Gasteiger partial charge in [0.1, 0.15) is 0 Å². The second-order valence-electron chi connectivity index (χ2n) is 5.06. The maximum absolute atomic E-state index is 5.17. The molecular formula is C16H21N. The average Bonchev–Trinajstić information content (AvgIpc) is 2.76. The predicted molar refractivity (Wildman–Crippen MR) is 75.2 cm³/mol. The Morgan fingerprint density at radius 1 is 1.00 bits per heavy atom. The number of hydrogen-bond acceptors (Lipinski definition) is 1. The number of aryl methyl sites for hydroxylation is 2. The van der Waals surface area contributed by atoms with E-state index in [0.717, 1.165) is 6.54 Å². The zero-order valence-electron chi connectivity index (χ0n) is 10.7. The zero-order valence-corrected chi connectivity index (χ0v) is 10.7. The summed E-state index contributed by atoms with van der Waals surface area (Å²) in [6.07, 6.45) is 2.47.